The van der Waals surface area contributed by atoms with Gasteiger partial charge >= 0.3 is 0 Å². The second-order valence-electron chi connectivity index (χ2n) is 6.67. The van der Waals surface area contributed by atoms with Gasteiger partial charge in [0.15, 0.2) is 16.7 Å². The molecule has 0 spiro atoms. The van der Waals surface area contributed by atoms with E-state index in [1.54, 1.807) is 7.11 Å². The zero-order valence-electron chi connectivity index (χ0n) is 17.1. The van der Waals surface area contributed by atoms with Gasteiger partial charge in [0.2, 0.25) is 11.8 Å². The van der Waals surface area contributed by atoms with Gasteiger partial charge in [0.1, 0.15) is 12.0 Å². The summed E-state index contributed by atoms with van der Waals surface area (Å²) in [5.41, 5.74) is 3.01. The highest BCUT2D eigenvalue weighted by atomic mass is 79.9. The smallest absolute Gasteiger partial charge is 0.241 e. The number of benzene rings is 2. The van der Waals surface area contributed by atoms with Crippen LogP contribution in [0, 0.1) is 6.92 Å². The molecule has 7 nitrogen and oxygen atoms in total. The lowest BCUT2D eigenvalue weighted by molar-refractivity contribution is -0.129. The number of hydrogen-bond acceptors (Lipinski definition) is 6. The number of nitrogens with zero attached hydrogens (tertiary/aromatic N) is 2. The molecule has 0 aromatic heterocycles. The molecule has 1 atom stereocenters. The molecule has 1 aliphatic rings. The molecule has 158 valence electrons. The number of amides is 2. The Morgan fingerprint density at radius 2 is 2.00 bits per heavy atom. The summed E-state index contributed by atoms with van der Waals surface area (Å²) in [5.74, 6) is 0.627. The number of halogens is 1. The Labute approximate surface area is 187 Å². The number of amidine groups is 1. The summed E-state index contributed by atoms with van der Waals surface area (Å²) in [7, 11) is 1.57. The van der Waals surface area contributed by atoms with Crippen molar-refractivity contribution in [3.63, 3.8) is 0 Å². The molecule has 0 saturated carbocycles. The molecule has 3 rings (SSSR count). The van der Waals surface area contributed by atoms with Crippen LogP contribution in [0.2, 0.25) is 0 Å². The third-order valence-corrected chi connectivity index (χ3v) is 6.11. The summed E-state index contributed by atoms with van der Waals surface area (Å²) in [6.07, 6.45) is 0. The standard InChI is InChI=1S/C21H22BrN3O4S/c1-12-7-5-6-8-15(12)11-29-19-17(22)9-16(10-18(19)28-4)20-25(14(3)27)24-21(30-20)23-13(2)26/h5-10,20H,11H2,1-4H3,(H,23,24,26)/t20-/m0/s1. The van der Waals surface area contributed by atoms with Crippen LogP contribution in [0.15, 0.2) is 46.0 Å². The predicted octanol–water partition coefficient (Wildman–Crippen LogP) is 4.35. The van der Waals surface area contributed by atoms with Crippen LogP contribution in [-0.4, -0.2) is 29.1 Å². The third kappa shape index (κ3) is 4.96. The van der Waals surface area contributed by atoms with Gasteiger partial charge in [-0.3, -0.25) is 9.59 Å². The largest absolute Gasteiger partial charge is 0.493 e. The van der Waals surface area contributed by atoms with Crippen molar-refractivity contribution in [1.29, 1.82) is 0 Å². The van der Waals surface area contributed by atoms with Crippen molar-refractivity contribution in [2.75, 3.05) is 7.11 Å². The number of aryl methyl sites for hydroxylation is 1. The molecule has 0 unspecified atom stereocenters. The van der Waals surface area contributed by atoms with Crippen LogP contribution >= 0.6 is 27.7 Å². The summed E-state index contributed by atoms with van der Waals surface area (Å²) in [5, 5.41) is 8.14. The minimum atomic E-state index is -0.431. The van der Waals surface area contributed by atoms with Gasteiger partial charge in [0, 0.05) is 13.8 Å². The Bertz CT molecular complexity index is 1010. The molecule has 30 heavy (non-hydrogen) atoms. The molecule has 2 aromatic carbocycles. The number of rotatable bonds is 5. The van der Waals surface area contributed by atoms with Crippen molar-refractivity contribution in [3.05, 3.63) is 57.6 Å². The molecular formula is C21H22BrN3O4S. The molecule has 1 aliphatic heterocycles. The third-order valence-electron chi connectivity index (χ3n) is 4.42. The van der Waals surface area contributed by atoms with Crippen LogP contribution in [0.4, 0.5) is 0 Å². The average Bonchev–Trinajstić information content (AvgIpc) is 3.11. The first kappa shape index (κ1) is 22.2. The lowest BCUT2D eigenvalue weighted by atomic mass is 10.1. The summed E-state index contributed by atoms with van der Waals surface area (Å²) in [4.78, 5) is 23.5. The highest BCUT2D eigenvalue weighted by molar-refractivity contribution is 9.10. The normalized spacial score (nSPS) is 15.6. The molecule has 2 amide bonds. The van der Waals surface area contributed by atoms with E-state index in [1.807, 2.05) is 43.3 Å². The monoisotopic (exact) mass is 491 g/mol. The SMILES string of the molecule is COc1cc([C@@H]2SC(NC(C)=O)=NN2C(C)=O)cc(Br)c1OCc1ccccc1C. The Kier molecular flexibility index (Phi) is 7.04. The molecule has 0 saturated heterocycles. The summed E-state index contributed by atoms with van der Waals surface area (Å²) in [6.45, 7) is 5.26. The molecule has 9 heteroatoms. The molecule has 1 heterocycles. The zero-order chi connectivity index (χ0) is 21.8. The van der Waals surface area contributed by atoms with Crippen molar-refractivity contribution in [3.8, 4) is 11.5 Å². The number of hydrogen-bond donors (Lipinski definition) is 1. The lowest BCUT2D eigenvalue weighted by Gasteiger charge is -2.21. The van der Waals surface area contributed by atoms with E-state index in [-0.39, 0.29) is 11.8 Å². The maximum atomic E-state index is 12.1. The van der Waals surface area contributed by atoms with Crippen LogP contribution in [0.3, 0.4) is 0 Å². The second-order valence-corrected chi connectivity index (χ2v) is 8.59. The van der Waals surface area contributed by atoms with Gasteiger partial charge in [-0.05, 0) is 51.7 Å². The average molecular weight is 492 g/mol. The number of nitrogens with one attached hydrogen (secondary N) is 1. The first-order valence-corrected chi connectivity index (χ1v) is 10.8. The van der Waals surface area contributed by atoms with E-state index in [1.165, 1.54) is 30.6 Å². The van der Waals surface area contributed by atoms with E-state index in [9.17, 15) is 9.59 Å². The van der Waals surface area contributed by atoms with Gasteiger partial charge in [0.25, 0.3) is 0 Å². The topological polar surface area (TPSA) is 80.2 Å². The number of carbonyl (C=O) groups excluding carboxylic acids is 2. The first-order chi connectivity index (χ1) is 14.3. The zero-order valence-corrected chi connectivity index (χ0v) is 19.5. The minimum Gasteiger partial charge on any atom is -0.493 e. The van der Waals surface area contributed by atoms with E-state index < -0.39 is 5.37 Å². The minimum absolute atomic E-state index is 0.233. The maximum absolute atomic E-state index is 12.1. The highest BCUT2D eigenvalue weighted by Gasteiger charge is 2.33. The van der Waals surface area contributed by atoms with Crippen molar-refractivity contribution in [1.82, 2.24) is 10.3 Å². The van der Waals surface area contributed by atoms with Gasteiger partial charge in [-0.1, -0.05) is 36.0 Å². The van der Waals surface area contributed by atoms with Crippen LogP contribution in [-0.2, 0) is 16.2 Å². The number of methoxy groups -OCH3 is 1. The molecule has 0 bridgehead atoms. The summed E-state index contributed by atoms with van der Waals surface area (Å²) < 4.78 is 12.3. The molecule has 0 fully saturated rings. The number of ether oxygens (including phenoxy) is 2. The van der Waals surface area contributed by atoms with Gasteiger partial charge in [0.05, 0.1) is 11.6 Å². The van der Waals surface area contributed by atoms with Crippen molar-refractivity contribution < 1.29 is 19.1 Å². The van der Waals surface area contributed by atoms with Gasteiger partial charge in [-0.25, -0.2) is 5.01 Å². The van der Waals surface area contributed by atoms with E-state index >= 15 is 0 Å². The highest BCUT2D eigenvalue weighted by Crippen LogP contribution is 2.45. The van der Waals surface area contributed by atoms with E-state index in [4.69, 9.17) is 9.47 Å². The van der Waals surface area contributed by atoms with Gasteiger partial charge in [-0.15, -0.1) is 5.10 Å². The molecule has 0 radical (unpaired) electrons. The Balaban J connectivity index is 1.87. The van der Waals surface area contributed by atoms with Gasteiger partial charge < -0.3 is 14.8 Å². The Morgan fingerprint density at radius 3 is 2.63 bits per heavy atom. The van der Waals surface area contributed by atoms with E-state index in [0.717, 1.165) is 16.7 Å². The lowest BCUT2D eigenvalue weighted by Crippen LogP contribution is -2.25. The fraction of sp³-hybridized carbons (Fsp3) is 0.286. The van der Waals surface area contributed by atoms with Crippen LogP contribution in [0.1, 0.15) is 35.9 Å². The Morgan fingerprint density at radius 1 is 1.27 bits per heavy atom. The maximum Gasteiger partial charge on any atom is 0.241 e. The van der Waals surface area contributed by atoms with Crippen molar-refractivity contribution in [2.24, 2.45) is 5.10 Å². The van der Waals surface area contributed by atoms with Crippen LogP contribution in [0.25, 0.3) is 0 Å². The number of carbonyl (C=O) groups is 2. The Hall–Kier alpha value is -2.52. The van der Waals surface area contributed by atoms with Crippen LogP contribution < -0.4 is 14.8 Å². The summed E-state index contributed by atoms with van der Waals surface area (Å²) in [6, 6.07) is 11.7. The van der Waals surface area contributed by atoms with E-state index in [2.05, 4.69) is 26.3 Å². The second kappa shape index (κ2) is 9.53. The molecule has 0 aliphatic carbocycles. The first-order valence-electron chi connectivity index (χ1n) is 9.17. The molecule has 1 N–H and O–H groups in total. The quantitative estimate of drug-likeness (QED) is 0.672. The van der Waals surface area contributed by atoms with Crippen LogP contribution in [0.5, 0.6) is 11.5 Å². The molecule has 2 aromatic rings. The summed E-state index contributed by atoms with van der Waals surface area (Å²) >= 11 is 4.85. The van der Waals surface area contributed by atoms with Crippen molar-refractivity contribution >= 4 is 44.7 Å². The number of hydrazone groups is 1. The fourth-order valence-corrected chi connectivity index (χ4v) is 4.61. The number of thioether (sulfide) groups is 1. The molecular weight excluding hydrogens is 470 g/mol. The fourth-order valence-electron chi connectivity index (χ4n) is 2.92. The predicted molar refractivity (Wildman–Crippen MR) is 120 cm³/mol. The van der Waals surface area contributed by atoms with Gasteiger partial charge in [-0.2, -0.15) is 0 Å². The van der Waals surface area contributed by atoms with Crippen molar-refractivity contribution in [2.45, 2.75) is 32.8 Å². The van der Waals surface area contributed by atoms with E-state index in [0.29, 0.717) is 27.7 Å².